The lowest BCUT2D eigenvalue weighted by Gasteiger charge is -2.31. The van der Waals surface area contributed by atoms with Crippen molar-refractivity contribution < 1.29 is 10.2 Å². The van der Waals surface area contributed by atoms with Gasteiger partial charge >= 0.3 is 0 Å². The predicted octanol–water partition coefficient (Wildman–Crippen LogP) is 2.11. The fourth-order valence-electron chi connectivity index (χ4n) is 2.47. The Morgan fingerprint density at radius 1 is 1.29 bits per heavy atom. The van der Waals surface area contributed by atoms with Crippen LogP contribution in [0.15, 0.2) is 12.2 Å². The number of rotatable bonds is 2. The molecule has 14 heavy (non-hydrogen) atoms. The van der Waals surface area contributed by atoms with Crippen LogP contribution in [0.3, 0.4) is 0 Å². The molecule has 1 aliphatic rings. The average Bonchev–Trinajstić information content (AvgIpc) is 2.19. The van der Waals surface area contributed by atoms with Gasteiger partial charge < -0.3 is 10.2 Å². The molecule has 2 N–H and O–H groups in total. The largest absolute Gasteiger partial charge is 0.390 e. The molecule has 1 aliphatic carbocycles. The van der Waals surface area contributed by atoms with Crippen molar-refractivity contribution in [1.82, 2.24) is 0 Å². The minimum Gasteiger partial charge on any atom is -0.390 e. The molecule has 0 amide bonds. The van der Waals surface area contributed by atoms with E-state index in [0.717, 1.165) is 12.8 Å². The highest BCUT2D eigenvalue weighted by molar-refractivity contribution is 5.09. The molecule has 0 aromatic heterocycles. The molecule has 2 heteroatoms. The average molecular weight is 198 g/mol. The summed E-state index contributed by atoms with van der Waals surface area (Å²) in [7, 11) is 0. The highest BCUT2D eigenvalue weighted by atomic mass is 16.3. The Bertz CT molecular complexity index is 210. The van der Waals surface area contributed by atoms with Crippen molar-refractivity contribution in [2.75, 3.05) is 0 Å². The van der Waals surface area contributed by atoms with Gasteiger partial charge in [0.25, 0.3) is 0 Å². The molecule has 3 unspecified atom stereocenters. The van der Waals surface area contributed by atoms with Crippen LogP contribution in [0.25, 0.3) is 0 Å². The molecule has 0 spiro atoms. The maximum atomic E-state index is 10.2. The van der Waals surface area contributed by atoms with Crippen molar-refractivity contribution in [1.29, 1.82) is 0 Å². The molecule has 0 saturated heterocycles. The molecular formula is C12H22O2. The van der Waals surface area contributed by atoms with Crippen LogP contribution in [0.4, 0.5) is 0 Å². The molecular weight excluding hydrogens is 176 g/mol. The number of hydrogen-bond donors (Lipinski definition) is 2. The zero-order chi connectivity index (χ0) is 11.0. The van der Waals surface area contributed by atoms with Crippen molar-refractivity contribution in [3.05, 3.63) is 12.2 Å². The lowest BCUT2D eigenvalue weighted by molar-refractivity contribution is 0.0184. The van der Waals surface area contributed by atoms with Gasteiger partial charge in [-0.2, -0.15) is 0 Å². The fraction of sp³-hybridized carbons (Fsp3) is 0.833. The fourth-order valence-corrected chi connectivity index (χ4v) is 2.47. The molecule has 0 heterocycles. The zero-order valence-electron chi connectivity index (χ0n) is 9.62. The molecule has 82 valence electrons. The van der Waals surface area contributed by atoms with Gasteiger partial charge in [-0.05, 0) is 32.1 Å². The van der Waals surface area contributed by atoms with E-state index in [0.29, 0.717) is 0 Å². The van der Waals surface area contributed by atoms with Gasteiger partial charge in [-0.3, -0.25) is 0 Å². The minimum atomic E-state index is -0.616. The second-order valence-electron chi connectivity index (χ2n) is 5.45. The summed E-state index contributed by atoms with van der Waals surface area (Å²) in [6.07, 6.45) is 5.19. The highest BCUT2D eigenvalue weighted by Gasteiger charge is 2.47. The molecule has 0 aromatic carbocycles. The van der Waals surface area contributed by atoms with Gasteiger partial charge in [0.15, 0.2) is 0 Å². The third-order valence-corrected chi connectivity index (χ3v) is 3.37. The summed E-state index contributed by atoms with van der Waals surface area (Å²) in [5.41, 5.74) is -0.482. The molecule has 1 fully saturated rings. The first-order chi connectivity index (χ1) is 6.26. The van der Waals surface area contributed by atoms with Gasteiger partial charge in [0.05, 0.1) is 11.7 Å². The molecule has 0 aliphatic heterocycles. The normalized spacial score (nSPS) is 39.1. The van der Waals surface area contributed by atoms with E-state index in [4.69, 9.17) is 0 Å². The Labute approximate surface area is 86.6 Å². The van der Waals surface area contributed by atoms with Gasteiger partial charge in [0.2, 0.25) is 0 Å². The predicted molar refractivity (Wildman–Crippen MR) is 57.9 cm³/mol. The van der Waals surface area contributed by atoms with Gasteiger partial charge in [-0.15, -0.1) is 0 Å². The maximum absolute atomic E-state index is 10.2. The van der Waals surface area contributed by atoms with Crippen molar-refractivity contribution in [3.8, 4) is 0 Å². The van der Waals surface area contributed by atoms with E-state index in [9.17, 15) is 10.2 Å². The van der Waals surface area contributed by atoms with Crippen LogP contribution in [0.2, 0.25) is 0 Å². The van der Waals surface area contributed by atoms with Crippen LogP contribution in [0.5, 0.6) is 0 Å². The molecule has 0 bridgehead atoms. The Kier molecular flexibility index (Phi) is 3.07. The first-order valence-corrected chi connectivity index (χ1v) is 5.34. The van der Waals surface area contributed by atoms with Crippen molar-refractivity contribution in [2.24, 2.45) is 11.3 Å². The molecule has 0 radical (unpaired) electrons. The standard InChI is InChI=1S/C12H22O2/c1-9(13)5-6-10-11(2,3)7-8-12(10,4)14/h5-6,9-10,13-14H,7-8H2,1-4H3/b6-5+. The van der Waals surface area contributed by atoms with Crippen molar-refractivity contribution in [2.45, 2.75) is 52.2 Å². The molecule has 3 atom stereocenters. The van der Waals surface area contributed by atoms with Crippen LogP contribution in [0, 0.1) is 11.3 Å². The van der Waals surface area contributed by atoms with E-state index in [2.05, 4.69) is 13.8 Å². The van der Waals surface area contributed by atoms with Gasteiger partial charge in [0.1, 0.15) is 0 Å². The Morgan fingerprint density at radius 2 is 1.86 bits per heavy atom. The Morgan fingerprint density at radius 3 is 2.21 bits per heavy atom. The minimum absolute atomic E-state index is 0.134. The summed E-state index contributed by atoms with van der Waals surface area (Å²) in [5, 5.41) is 19.4. The summed E-state index contributed by atoms with van der Waals surface area (Å²) >= 11 is 0. The quantitative estimate of drug-likeness (QED) is 0.667. The van der Waals surface area contributed by atoms with Gasteiger partial charge in [0, 0.05) is 5.92 Å². The van der Waals surface area contributed by atoms with E-state index in [1.54, 1.807) is 13.0 Å². The summed E-state index contributed by atoms with van der Waals surface area (Å²) in [5.74, 6) is 0.143. The van der Waals surface area contributed by atoms with Crippen LogP contribution < -0.4 is 0 Å². The van der Waals surface area contributed by atoms with Crippen molar-refractivity contribution >= 4 is 0 Å². The Balaban J connectivity index is 2.82. The number of hydrogen-bond acceptors (Lipinski definition) is 2. The Hall–Kier alpha value is -0.340. The molecule has 0 aromatic rings. The second kappa shape index (κ2) is 3.67. The van der Waals surface area contributed by atoms with Crippen molar-refractivity contribution in [3.63, 3.8) is 0 Å². The number of aliphatic hydroxyl groups is 2. The van der Waals surface area contributed by atoms with E-state index in [-0.39, 0.29) is 11.3 Å². The maximum Gasteiger partial charge on any atom is 0.0692 e. The summed E-state index contributed by atoms with van der Waals surface area (Å²) < 4.78 is 0. The van der Waals surface area contributed by atoms with Crippen LogP contribution in [-0.2, 0) is 0 Å². The summed E-state index contributed by atoms with van der Waals surface area (Å²) in [6.45, 7) is 7.96. The summed E-state index contributed by atoms with van der Waals surface area (Å²) in [6, 6.07) is 0. The lowest BCUT2D eigenvalue weighted by atomic mass is 9.77. The third kappa shape index (κ3) is 2.37. The topological polar surface area (TPSA) is 40.5 Å². The first kappa shape index (κ1) is 11.7. The smallest absolute Gasteiger partial charge is 0.0692 e. The second-order valence-corrected chi connectivity index (χ2v) is 5.45. The number of aliphatic hydroxyl groups excluding tert-OH is 1. The van der Waals surface area contributed by atoms with E-state index < -0.39 is 11.7 Å². The lowest BCUT2D eigenvalue weighted by Crippen LogP contribution is -2.33. The molecule has 1 saturated carbocycles. The van der Waals surface area contributed by atoms with Crippen LogP contribution in [0.1, 0.15) is 40.5 Å². The third-order valence-electron chi connectivity index (χ3n) is 3.37. The molecule has 1 rings (SSSR count). The van der Waals surface area contributed by atoms with Gasteiger partial charge in [-0.25, -0.2) is 0 Å². The van der Waals surface area contributed by atoms with Crippen LogP contribution >= 0.6 is 0 Å². The zero-order valence-corrected chi connectivity index (χ0v) is 9.62. The monoisotopic (exact) mass is 198 g/mol. The van der Waals surface area contributed by atoms with Gasteiger partial charge in [-0.1, -0.05) is 26.0 Å². The molecule has 2 nitrogen and oxygen atoms in total. The van der Waals surface area contributed by atoms with E-state index in [1.807, 2.05) is 13.0 Å². The highest BCUT2D eigenvalue weighted by Crippen LogP contribution is 2.49. The SMILES string of the molecule is CC(O)/C=C/C1C(C)(C)CCC1(C)O. The first-order valence-electron chi connectivity index (χ1n) is 5.34. The summed E-state index contributed by atoms with van der Waals surface area (Å²) in [4.78, 5) is 0. The van der Waals surface area contributed by atoms with Crippen LogP contribution in [-0.4, -0.2) is 21.9 Å². The van der Waals surface area contributed by atoms with E-state index >= 15 is 0 Å². The van der Waals surface area contributed by atoms with E-state index in [1.165, 1.54) is 0 Å².